The predicted molar refractivity (Wildman–Crippen MR) is 118 cm³/mol. The van der Waals surface area contributed by atoms with Crippen LogP contribution in [0.15, 0.2) is 83.3 Å². The number of rotatable bonds is 6. The number of carbonyl (C=O) groups is 2. The maximum Gasteiger partial charge on any atom is 0.257 e. The van der Waals surface area contributed by atoms with Crippen molar-refractivity contribution in [1.29, 1.82) is 0 Å². The Bertz CT molecular complexity index is 1010. The highest BCUT2D eigenvalue weighted by molar-refractivity contribution is 9.10. The van der Waals surface area contributed by atoms with Gasteiger partial charge in [0, 0.05) is 28.5 Å². The molecule has 0 radical (unpaired) electrons. The van der Waals surface area contributed by atoms with Crippen molar-refractivity contribution in [3.63, 3.8) is 0 Å². The maximum absolute atomic E-state index is 12.5. The number of hydrogen-bond acceptors (Lipinski definition) is 3. The summed E-state index contributed by atoms with van der Waals surface area (Å²) in [6, 6.07) is 21.8. The first-order valence-electron chi connectivity index (χ1n) is 8.73. The second kappa shape index (κ2) is 9.15. The van der Waals surface area contributed by atoms with Gasteiger partial charge in [-0.25, -0.2) is 0 Å². The minimum Gasteiger partial charge on any atom is -0.387 e. The molecule has 0 aromatic heterocycles. The van der Waals surface area contributed by atoms with E-state index in [9.17, 15) is 9.59 Å². The minimum absolute atomic E-state index is 0.0960. The molecule has 2 N–H and O–H groups in total. The number of anilines is 2. The summed E-state index contributed by atoms with van der Waals surface area (Å²) < 4.78 is 0.992. The summed E-state index contributed by atoms with van der Waals surface area (Å²) >= 11 is 3.38. The lowest BCUT2D eigenvalue weighted by atomic mass is 10.1. The predicted octanol–water partition coefficient (Wildman–Crippen LogP) is 5.64. The SMILES string of the molecule is CNc1ccccc1C(=O)Nc1ccc(C(=O)/C=C/c2ccc(Br)cc2)cc1. The van der Waals surface area contributed by atoms with E-state index in [1.54, 1.807) is 49.5 Å². The summed E-state index contributed by atoms with van der Waals surface area (Å²) in [7, 11) is 1.77. The lowest BCUT2D eigenvalue weighted by molar-refractivity contribution is 0.102. The maximum atomic E-state index is 12.5. The molecule has 0 unspecified atom stereocenters. The molecule has 5 heteroatoms. The molecule has 0 bridgehead atoms. The Kier molecular flexibility index (Phi) is 6.40. The van der Waals surface area contributed by atoms with Crippen LogP contribution in [-0.2, 0) is 0 Å². The molecule has 3 aromatic rings. The fraction of sp³-hybridized carbons (Fsp3) is 0.0435. The van der Waals surface area contributed by atoms with Crippen molar-refractivity contribution in [2.45, 2.75) is 0 Å². The number of ketones is 1. The van der Waals surface area contributed by atoms with Gasteiger partial charge in [0.15, 0.2) is 5.78 Å². The first-order chi connectivity index (χ1) is 13.6. The van der Waals surface area contributed by atoms with E-state index in [4.69, 9.17) is 0 Å². The van der Waals surface area contributed by atoms with Crippen LogP contribution in [0.4, 0.5) is 11.4 Å². The van der Waals surface area contributed by atoms with Gasteiger partial charge in [0.25, 0.3) is 5.91 Å². The molecule has 0 heterocycles. The summed E-state index contributed by atoms with van der Waals surface area (Å²) in [6.45, 7) is 0. The standard InChI is InChI=1S/C23H19BrN2O2/c1-25-21-5-3-2-4-20(21)23(28)26-19-13-9-17(10-14-19)22(27)15-8-16-6-11-18(24)12-7-16/h2-15,25H,1H3,(H,26,28)/b15-8+. The fourth-order valence-electron chi connectivity index (χ4n) is 2.66. The van der Waals surface area contributed by atoms with Gasteiger partial charge in [-0.3, -0.25) is 9.59 Å². The van der Waals surface area contributed by atoms with Gasteiger partial charge in [-0.05, 0) is 60.2 Å². The number of carbonyl (C=O) groups excluding carboxylic acids is 2. The van der Waals surface area contributed by atoms with E-state index < -0.39 is 0 Å². The molecule has 0 fully saturated rings. The van der Waals surface area contributed by atoms with E-state index in [0.29, 0.717) is 16.8 Å². The van der Waals surface area contributed by atoms with Crippen LogP contribution in [0.25, 0.3) is 6.08 Å². The Morgan fingerprint density at radius 1 is 0.893 bits per heavy atom. The molecule has 3 aromatic carbocycles. The highest BCUT2D eigenvalue weighted by Crippen LogP contribution is 2.18. The van der Waals surface area contributed by atoms with E-state index in [2.05, 4.69) is 26.6 Å². The average Bonchev–Trinajstić information content (AvgIpc) is 2.73. The molecule has 0 aliphatic rings. The Morgan fingerprint density at radius 3 is 2.25 bits per heavy atom. The van der Waals surface area contributed by atoms with E-state index in [0.717, 1.165) is 15.7 Å². The van der Waals surface area contributed by atoms with Crippen molar-refractivity contribution in [1.82, 2.24) is 0 Å². The monoisotopic (exact) mass is 434 g/mol. The molecular weight excluding hydrogens is 416 g/mol. The third-order valence-electron chi connectivity index (χ3n) is 4.17. The molecule has 140 valence electrons. The summed E-state index contributed by atoms with van der Waals surface area (Å²) in [5.74, 6) is -0.305. The van der Waals surface area contributed by atoms with Crippen LogP contribution in [0, 0.1) is 0 Å². The number of benzene rings is 3. The van der Waals surface area contributed by atoms with E-state index >= 15 is 0 Å². The molecule has 0 aliphatic heterocycles. The quantitative estimate of drug-likeness (QED) is 0.389. The van der Waals surface area contributed by atoms with Crippen molar-refractivity contribution >= 4 is 45.1 Å². The first-order valence-corrected chi connectivity index (χ1v) is 9.52. The largest absolute Gasteiger partial charge is 0.387 e. The van der Waals surface area contributed by atoms with Crippen LogP contribution in [-0.4, -0.2) is 18.7 Å². The van der Waals surface area contributed by atoms with Gasteiger partial charge in [-0.1, -0.05) is 46.3 Å². The number of nitrogens with one attached hydrogen (secondary N) is 2. The van der Waals surface area contributed by atoms with Crippen LogP contribution in [0.5, 0.6) is 0 Å². The smallest absolute Gasteiger partial charge is 0.257 e. The summed E-state index contributed by atoms with van der Waals surface area (Å²) in [4.78, 5) is 24.8. The molecule has 0 saturated heterocycles. The summed E-state index contributed by atoms with van der Waals surface area (Å²) in [5, 5.41) is 5.85. The van der Waals surface area contributed by atoms with Crippen molar-refractivity contribution in [2.24, 2.45) is 0 Å². The molecule has 28 heavy (non-hydrogen) atoms. The normalized spacial score (nSPS) is 10.6. The Morgan fingerprint density at radius 2 is 1.57 bits per heavy atom. The average molecular weight is 435 g/mol. The molecule has 4 nitrogen and oxygen atoms in total. The van der Waals surface area contributed by atoms with E-state index in [1.165, 1.54) is 0 Å². The molecule has 0 spiro atoms. The van der Waals surface area contributed by atoms with Crippen molar-refractivity contribution in [3.05, 3.63) is 100 Å². The number of halogens is 1. The second-order valence-electron chi connectivity index (χ2n) is 6.08. The lowest BCUT2D eigenvalue weighted by Crippen LogP contribution is -2.14. The Hall–Kier alpha value is -3.18. The zero-order valence-electron chi connectivity index (χ0n) is 15.3. The number of para-hydroxylation sites is 1. The topological polar surface area (TPSA) is 58.2 Å². The molecule has 0 atom stereocenters. The molecule has 3 rings (SSSR count). The van der Waals surface area contributed by atoms with Crippen LogP contribution in [0.3, 0.4) is 0 Å². The van der Waals surface area contributed by atoms with E-state index in [1.807, 2.05) is 42.5 Å². The van der Waals surface area contributed by atoms with Gasteiger partial charge in [0.2, 0.25) is 0 Å². The zero-order valence-corrected chi connectivity index (χ0v) is 16.9. The fourth-order valence-corrected chi connectivity index (χ4v) is 2.92. The van der Waals surface area contributed by atoms with Crippen LogP contribution in [0.1, 0.15) is 26.3 Å². The number of hydrogen-bond donors (Lipinski definition) is 2. The van der Waals surface area contributed by atoms with Gasteiger partial charge < -0.3 is 10.6 Å². The van der Waals surface area contributed by atoms with Crippen LogP contribution < -0.4 is 10.6 Å². The molecule has 0 saturated carbocycles. The molecule has 1 amide bonds. The second-order valence-corrected chi connectivity index (χ2v) is 6.99. The van der Waals surface area contributed by atoms with Gasteiger partial charge >= 0.3 is 0 Å². The Labute approximate surface area is 172 Å². The number of allylic oxidation sites excluding steroid dienone is 1. The molecular formula is C23H19BrN2O2. The zero-order chi connectivity index (χ0) is 19.9. The third-order valence-corrected chi connectivity index (χ3v) is 4.69. The van der Waals surface area contributed by atoms with E-state index in [-0.39, 0.29) is 11.7 Å². The van der Waals surface area contributed by atoms with Crippen LogP contribution in [0.2, 0.25) is 0 Å². The van der Waals surface area contributed by atoms with Crippen molar-refractivity contribution < 1.29 is 9.59 Å². The van der Waals surface area contributed by atoms with Gasteiger partial charge in [-0.15, -0.1) is 0 Å². The van der Waals surface area contributed by atoms with Crippen molar-refractivity contribution in [3.8, 4) is 0 Å². The lowest BCUT2D eigenvalue weighted by Gasteiger charge is -2.10. The minimum atomic E-state index is -0.209. The summed E-state index contributed by atoms with van der Waals surface area (Å²) in [6.07, 6.45) is 3.32. The summed E-state index contributed by atoms with van der Waals surface area (Å²) in [5.41, 5.74) is 3.45. The first kappa shape index (κ1) is 19.6. The van der Waals surface area contributed by atoms with Gasteiger partial charge in [0.05, 0.1) is 5.56 Å². The molecule has 0 aliphatic carbocycles. The highest BCUT2D eigenvalue weighted by Gasteiger charge is 2.10. The van der Waals surface area contributed by atoms with Crippen LogP contribution >= 0.6 is 15.9 Å². The Balaban J connectivity index is 1.66. The van der Waals surface area contributed by atoms with Gasteiger partial charge in [0.1, 0.15) is 0 Å². The number of amides is 1. The third kappa shape index (κ3) is 4.96. The highest BCUT2D eigenvalue weighted by atomic mass is 79.9. The van der Waals surface area contributed by atoms with Gasteiger partial charge in [-0.2, -0.15) is 0 Å². The van der Waals surface area contributed by atoms with Crippen molar-refractivity contribution in [2.75, 3.05) is 17.7 Å².